The first-order chi connectivity index (χ1) is 9.40. The summed E-state index contributed by atoms with van der Waals surface area (Å²) in [5, 5.41) is 11.4. The first-order valence-electron chi connectivity index (χ1n) is 5.80. The van der Waals surface area contributed by atoms with Gasteiger partial charge >= 0.3 is 5.97 Å². The highest BCUT2D eigenvalue weighted by Gasteiger charge is 2.19. The molecule has 6 heteroatoms. The number of benzene rings is 1. The summed E-state index contributed by atoms with van der Waals surface area (Å²) < 4.78 is 13.7. The largest absolute Gasteiger partial charge is 0.478 e. The smallest absolute Gasteiger partial charge is 0.337 e. The Labute approximate surface area is 118 Å². The standard InChI is InChI=1S/C14H12FNO3S/c1-7-6-10(8(2)20-7)13(17)16-12-9(14(18)19)4-3-5-11(12)15/h3-6H,1-2H3,(H,16,17)(H,18,19). The molecule has 1 amide bonds. The Bertz CT molecular complexity index is 694. The number of para-hydroxylation sites is 1. The number of hydrogen-bond acceptors (Lipinski definition) is 3. The van der Waals surface area contributed by atoms with Crippen molar-refractivity contribution in [3.8, 4) is 0 Å². The Hall–Kier alpha value is -2.21. The molecule has 0 radical (unpaired) electrons. The average Bonchev–Trinajstić information content (AvgIpc) is 2.70. The summed E-state index contributed by atoms with van der Waals surface area (Å²) in [7, 11) is 0. The second kappa shape index (κ2) is 5.42. The van der Waals surface area contributed by atoms with Crippen LogP contribution in [0.4, 0.5) is 10.1 Å². The molecule has 0 aliphatic heterocycles. The maximum atomic E-state index is 13.7. The molecule has 0 saturated carbocycles. The van der Waals surface area contributed by atoms with Crippen molar-refractivity contribution in [2.45, 2.75) is 13.8 Å². The van der Waals surface area contributed by atoms with Crippen LogP contribution in [0, 0.1) is 19.7 Å². The summed E-state index contributed by atoms with van der Waals surface area (Å²) in [5.41, 5.74) is -0.164. The van der Waals surface area contributed by atoms with E-state index >= 15 is 0 Å². The first-order valence-corrected chi connectivity index (χ1v) is 6.62. The minimum absolute atomic E-state index is 0.275. The number of thiophene rings is 1. The van der Waals surface area contributed by atoms with E-state index in [9.17, 15) is 14.0 Å². The second-order valence-corrected chi connectivity index (χ2v) is 5.71. The maximum absolute atomic E-state index is 13.7. The van der Waals surface area contributed by atoms with Gasteiger partial charge < -0.3 is 10.4 Å². The molecule has 4 nitrogen and oxygen atoms in total. The summed E-state index contributed by atoms with van der Waals surface area (Å²) in [6.45, 7) is 3.65. The third kappa shape index (κ3) is 2.70. The van der Waals surface area contributed by atoms with Crippen LogP contribution in [0.2, 0.25) is 0 Å². The molecule has 1 aromatic heterocycles. The molecule has 1 heterocycles. The number of anilines is 1. The number of aromatic carboxylic acids is 1. The number of rotatable bonds is 3. The van der Waals surface area contributed by atoms with Crippen molar-refractivity contribution in [2.24, 2.45) is 0 Å². The summed E-state index contributed by atoms with van der Waals surface area (Å²) in [6, 6.07) is 5.32. The predicted octanol–water partition coefficient (Wildman–Crippen LogP) is 3.45. The van der Waals surface area contributed by atoms with E-state index in [1.54, 1.807) is 13.0 Å². The number of carbonyl (C=O) groups excluding carboxylic acids is 1. The number of carboxylic acids is 1. The first kappa shape index (κ1) is 14.2. The molecule has 2 rings (SSSR count). The van der Waals surface area contributed by atoms with Crippen LogP contribution in [-0.2, 0) is 0 Å². The number of hydrogen-bond donors (Lipinski definition) is 2. The zero-order chi connectivity index (χ0) is 14.9. The lowest BCUT2D eigenvalue weighted by atomic mass is 10.1. The number of aryl methyl sites for hydroxylation is 2. The normalized spacial score (nSPS) is 10.3. The molecule has 0 saturated heterocycles. The highest BCUT2D eigenvalue weighted by Crippen LogP contribution is 2.24. The maximum Gasteiger partial charge on any atom is 0.337 e. The van der Waals surface area contributed by atoms with Crippen LogP contribution in [0.25, 0.3) is 0 Å². The minimum Gasteiger partial charge on any atom is -0.478 e. The molecular weight excluding hydrogens is 281 g/mol. The highest BCUT2D eigenvalue weighted by atomic mass is 32.1. The average molecular weight is 293 g/mol. The van der Waals surface area contributed by atoms with Gasteiger partial charge in [0.15, 0.2) is 0 Å². The molecule has 20 heavy (non-hydrogen) atoms. The van der Waals surface area contributed by atoms with Crippen molar-refractivity contribution in [3.05, 3.63) is 51.0 Å². The van der Waals surface area contributed by atoms with Gasteiger partial charge in [-0.05, 0) is 32.0 Å². The van der Waals surface area contributed by atoms with E-state index in [-0.39, 0.29) is 11.3 Å². The quantitative estimate of drug-likeness (QED) is 0.910. The van der Waals surface area contributed by atoms with Gasteiger partial charge in [0.1, 0.15) is 5.82 Å². The van der Waals surface area contributed by atoms with Gasteiger partial charge in [-0.3, -0.25) is 4.79 Å². The molecule has 0 spiro atoms. The number of carbonyl (C=O) groups is 2. The van der Waals surface area contributed by atoms with Gasteiger partial charge in [0.05, 0.1) is 16.8 Å². The highest BCUT2D eigenvalue weighted by molar-refractivity contribution is 7.12. The zero-order valence-corrected chi connectivity index (χ0v) is 11.7. The van der Waals surface area contributed by atoms with E-state index in [2.05, 4.69) is 5.32 Å². The number of halogens is 1. The van der Waals surface area contributed by atoms with Gasteiger partial charge in [0, 0.05) is 9.75 Å². The monoisotopic (exact) mass is 293 g/mol. The van der Waals surface area contributed by atoms with E-state index in [0.717, 1.165) is 15.8 Å². The van der Waals surface area contributed by atoms with Gasteiger partial charge in [-0.15, -0.1) is 11.3 Å². The summed E-state index contributed by atoms with van der Waals surface area (Å²) in [4.78, 5) is 24.9. The van der Waals surface area contributed by atoms with Gasteiger partial charge in [-0.1, -0.05) is 6.07 Å². The SMILES string of the molecule is Cc1cc(C(=O)Nc2c(F)cccc2C(=O)O)c(C)s1. The third-order valence-electron chi connectivity index (χ3n) is 2.77. The molecule has 0 unspecified atom stereocenters. The number of amides is 1. The lowest BCUT2D eigenvalue weighted by molar-refractivity contribution is 0.0697. The van der Waals surface area contributed by atoms with Crippen LogP contribution in [0.15, 0.2) is 24.3 Å². The molecule has 2 aromatic rings. The Morgan fingerprint density at radius 3 is 2.50 bits per heavy atom. The van der Waals surface area contributed by atoms with Crippen LogP contribution in [0.3, 0.4) is 0 Å². The molecule has 2 N–H and O–H groups in total. The third-order valence-corrected chi connectivity index (χ3v) is 3.73. The Morgan fingerprint density at radius 1 is 1.25 bits per heavy atom. The topological polar surface area (TPSA) is 66.4 Å². The number of carboxylic acid groups (broad SMARTS) is 1. The second-order valence-electron chi connectivity index (χ2n) is 4.25. The van der Waals surface area contributed by atoms with Gasteiger partial charge in [-0.2, -0.15) is 0 Å². The summed E-state index contributed by atoms with van der Waals surface area (Å²) in [6.07, 6.45) is 0. The Morgan fingerprint density at radius 2 is 1.95 bits per heavy atom. The molecule has 0 aliphatic rings. The van der Waals surface area contributed by atoms with Crippen LogP contribution in [0.5, 0.6) is 0 Å². The van der Waals surface area contributed by atoms with Crippen molar-refractivity contribution in [1.82, 2.24) is 0 Å². The molecule has 1 aromatic carbocycles. The lowest BCUT2D eigenvalue weighted by Gasteiger charge is -2.09. The van der Waals surface area contributed by atoms with Crippen molar-refractivity contribution < 1.29 is 19.1 Å². The molecule has 0 aliphatic carbocycles. The van der Waals surface area contributed by atoms with E-state index in [1.165, 1.54) is 23.5 Å². The van der Waals surface area contributed by atoms with Crippen molar-refractivity contribution in [3.63, 3.8) is 0 Å². The molecular formula is C14H12FNO3S. The van der Waals surface area contributed by atoms with E-state index < -0.39 is 17.7 Å². The van der Waals surface area contributed by atoms with E-state index in [0.29, 0.717) is 5.56 Å². The molecule has 0 fully saturated rings. The zero-order valence-electron chi connectivity index (χ0n) is 10.9. The molecule has 0 bridgehead atoms. The van der Waals surface area contributed by atoms with E-state index in [4.69, 9.17) is 5.11 Å². The van der Waals surface area contributed by atoms with Crippen molar-refractivity contribution in [2.75, 3.05) is 5.32 Å². The molecule has 104 valence electrons. The fourth-order valence-electron chi connectivity index (χ4n) is 1.87. The van der Waals surface area contributed by atoms with Gasteiger partial charge in [-0.25, -0.2) is 9.18 Å². The van der Waals surface area contributed by atoms with Gasteiger partial charge in [0.25, 0.3) is 5.91 Å². The van der Waals surface area contributed by atoms with E-state index in [1.807, 2.05) is 6.92 Å². The fourth-order valence-corrected chi connectivity index (χ4v) is 2.79. The van der Waals surface area contributed by atoms with Crippen LogP contribution in [0.1, 0.15) is 30.5 Å². The van der Waals surface area contributed by atoms with Crippen LogP contribution < -0.4 is 5.32 Å². The Balaban J connectivity index is 2.37. The predicted molar refractivity (Wildman–Crippen MR) is 75.1 cm³/mol. The van der Waals surface area contributed by atoms with Gasteiger partial charge in [0.2, 0.25) is 0 Å². The van der Waals surface area contributed by atoms with Crippen molar-refractivity contribution >= 4 is 28.9 Å². The molecule has 0 atom stereocenters. The van der Waals surface area contributed by atoms with Crippen molar-refractivity contribution in [1.29, 1.82) is 0 Å². The summed E-state index contributed by atoms with van der Waals surface area (Å²) >= 11 is 1.45. The number of nitrogens with one attached hydrogen (secondary N) is 1. The minimum atomic E-state index is -1.29. The summed E-state index contributed by atoms with van der Waals surface area (Å²) in [5.74, 6) is -2.58. The Kier molecular flexibility index (Phi) is 3.85. The fraction of sp³-hybridized carbons (Fsp3) is 0.143. The van der Waals surface area contributed by atoms with Crippen LogP contribution in [-0.4, -0.2) is 17.0 Å². The van der Waals surface area contributed by atoms with Crippen LogP contribution >= 0.6 is 11.3 Å². The lowest BCUT2D eigenvalue weighted by Crippen LogP contribution is -2.16.